The number of imide groups is 2. The molecule has 10 heteroatoms. The molecule has 0 radical (unpaired) electrons. The highest BCUT2D eigenvalue weighted by Gasteiger charge is 2.53. The van der Waals surface area contributed by atoms with Gasteiger partial charge in [0.1, 0.15) is 17.2 Å². The molecule has 0 spiro atoms. The lowest BCUT2D eigenvalue weighted by Crippen LogP contribution is -2.32. The van der Waals surface area contributed by atoms with Gasteiger partial charge in [-0.1, -0.05) is 42.8 Å². The molecular formula is C40H40N2O8. The second-order valence-electron chi connectivity index (χ2n) is 12.8. The van der Waals surface area contributed by atoms with Gasteiger partial charge in [-0.25, -0.2) is 4.90 Å². The summed E-state index contributed by atoms with van der Waals surface area (Å²) in [6.07, 6.45) is 7.15. The lowest BCUT2D eigenvalue weighted by molar-refractivity contribution is -0.127. The van der Waals surface area contributed by atoms with Gasteiger partial charge in [0.15, 0.2) is 5.78 Å². The number of rotatable bonds is 14. The number of amides is 4. The van der Waals surface area contributed by atoms with Crippen molar-refractivity contribution in [1.82, 2.24) is 5.32 Å². The quantitative estimate of drug-likeness (QED) is 0.0729. The zero-order chi connectivity index (χ0) is 35.2. The molecule has 1 aliphatic carbocycles. The number of allylic oxidation sites excluding steroid dienone is 2. The molecule has 3 aromatic carbocycles. The summed E-state index contributed by atoms with van der Waals surface area (Å²) in [6.45, 7) is 5.27. The number of fused-ring (bicyclic) bond motifs is 1. The zero-order valence-electron chi connectivity index (χ0n) is 28.1. The molecule has 0 aromatic heterocycles. The molecule has 0 saturated carbocycles. The van der Waals surface area contributed by atoms with Crippen LogP contribution in [0.15, 0.2) is 90.5 Å². The Morgan fingerprint density at radius 3 is 2.20 bits per heavy atom. The summed E-state index contributed by atoms with van der Waals surface area (Å²) in [6, 6.07) is 21.5. The third-order valence-electron chi connectivity index (χ3n) is 9.26. The highest BCUT2D eigenvalue weighted by atomic mass is 16.5. The number of carbonyl (C=O) groups is 5. The van der Waals surface area contributed by atoms with Crippen molar-refractivity contribution in [2.75, 3.05) is 24.7 Å². The Hall–Kier alpha value is -5.51. The van der Waals surface area contributed by atoms with E-state index in [4.69, 9.17) is 14.2 Å². The summed E-state index contributed by atoms with van der Waals surface area (Å²) >= 11 is 0. The van der Waals surface area contributed by atoms with E-state index in [9.17, 15) is 24.0 Å². The maximum absolute atomic E-state index is 13.6. The third kappa shape index (κ3) is 7.70. The second kappa shape index (κ2) is 15.4. The first-order chi connectivity index (χ1) is 24.2. The fourth-order valence-electron chi connectivity index (χ4n) is 6.76. The van der Waals surface area contributed by atoms with E-state index in [1.807, 2.05) is 44.2 Å². The summed E-state index contributed by atoms with van der Waals surface area (Å²) in [7, 11) is 0. The van der Waals surface area contributed by atoms with Crippen molar-refractivity contribution >= 4 is 41.2 Å². The van der Waals surface area contributed by atoms with Crippen LogP contribution >= 0.6 is 0 Å². The first-order valence-corrected chi connectivity index (χ1v) is 17.0. The van der Waals surface area contributed by atoms with Crippen LogP contribution in [0.1, 0.15) is 55.5 Å². The molecule has 4 unspecified atom stereocenters. The largest absolute Gasteiger partial charge is 0.494 e. The predicted octanol–water partition coefficient (Wildman–Crippen LogP) is 5.95. The lowest BCUT2D eigenvalue weighted by Gasteiger charge is -2.29. The van der Waals surface area contributed by atoms with Crippen molar-refractivity contribution in [3.05, 3.63) is 102 Å². The molecule has 2 saturated heterocycles. The van der Waals surface area contributed by atoms with Crippen molar-refractivity contribution in [3.63, 3.8) is 0 Å². The Labute approximate surface area is 291 Å². The maximum atomic E-state index is 13.6. The van der Waals surface area contributed by atoms with E-state index in [-0.39, 0.29) is 41.8 Å². The molecular weight excluding hydrogens is 636 g/mol. The number of hydrogen-bond acceptors (Lipinski definition) is 8. The summed E-state index contributed by atoms with van der Waals surface area (Å²) < 4.78 is 17.4. The first kappa shape index (κ1) is 34.4. The van der Waals surface area contributed by atoms with Crippen molar-refractivity contribution < 1.29 is 38.2 Å². The number of ketones is 1. The highest BCUT2D eigenvalue weighted by molar-refractivity contribution is 6.23. The van der Waals surface area contributed by atoms with Gasteiger partial charge < -0.3 is 14.2 Å². The predicted molar refractivity (Wildman–Crippen MR) is 187 cm³/mol. The molecule has 6 rings (SSSR count). The van der Waals surface area contributed by atoms with Gasteiger partial charge in [-0.05, 0) is 85.9 Å². The molecule has 10 nitrogen and oxygen atoms in total. The third-order valence-corrected chi connectivity index (χ3v) is 9.26. The van der Waals surface area contributed by atoms with Crippen LogP contribution in [0.2, 0.25) is 0 Å². The van der Waals surface area contributed by atoms with E-state index in [0.29, 0.717) is 55.4 Å². The van der Waals surface area contributed by atoms with E-state index < -0.39 is 17.8 Å². The summed E-state index contributed by atoms with van der Waals surface area (Å²) in [5.74, 6) is -1.31. The van der Waals surface area contributed by atoms with Gasteiger partial charge in [0.05, 0.1) is 43.3 Å². The zero-order valence-corrected chi connectivity index (χ0v) is 28.1. The van der Waals surface area contributed by atoms with Crippen LogP contribution < -0.4 is 24.4 Å². The molecule has 4 amide bonds. The molecule has 258 valence electrons. The molecule has 1 N–H and O–H groups in total. The Morgan fingerprint density at radius 1 is 0.840 bits per heavy atom. The van der Waals surface area contributed by atoms with Crippen molar-refractivity contribution in [2.45, 2.75) is 39.5 Å². The molecule has 2 heterocycles. The van der Waals surface area contributed by atoms with Gasteiger partial charge in [0, 0.05) is 24.5 Å². The van der Waals surface area contributed by atoms with E-state index in [1.54, 1.807) is 60.7 Å². The lowest BCUT2D eigenvalue weighted by atomic mass is 9.71. The van der Waals surface area contributed by atoms with Gasteiger partial charge in [0.25, 0.3) is 0 Å². The summed E-state index contributed by atoms with van der Waals surface area (Å²) in [4.78, 5) is 64.9. The Morgan fingerprint density at radius 2 is 1.52 bits per heavy atom. The summed E-state index contributed by atoms with van der Waals surface area (Å²) in [5.41, 5.74) is 2.65. The number of carbonyl (C=O) groups excluding carboxylic acids is 5. The van der Waals surface area contributed by atoms with Crippen LogP contribution in [-0.4, -0.2) is 49.2 Å². The minimum Gasteiger partial charge on any atom is -0.494 e. The van der Waals surface area contributed by atoms with Crippen LogP contribution in [0.4, 0.5) is 5.69 Å². The van der Waals surface area contributed by atoms with Crippen LogP contribution in [0.5, 0.6) is 17.2 Å². The van der Waals surface area contributed by atoms with Gasteiger partial charge in [-0.15, -0.1) is 0 Å². The fraction of sp³-hybridized carbons (Fsp3) is 0.325. The van der Waals surface area contributed by atoms with E-state index in [2.05, 4.69) is 5.32 Å². The SMILES string of the molecule is CCCOc1ccc(C(=O)/C=C/c2ccc(OCCCOc3cccc(N4C(=O)C5CC(C6CC(=O)NC6=O)C=C(C)C5C4=O)c3)cc2)cc1. The van der Waals surface area contributed by atoms with Crippen LogP contribution in [0, 0.1) is 23.7 Å². The summed E-state index contributed by atoms with van der Waals surface area (Å²) in [5, 5.41) is 2.35. The second-order valence-corrected chi connectivity index (χ2v) is 12.8. The molecule has 2 aliphatic heterocycles. The molecule has 0 bridgehead atoms. The normalized spacial score (nSPS) is 21.6. The topological polar surface area (TPSA) is 128 Å². The van der Waals surface area contributed by atoms with E-state index in [0.717, 1.165) is 23.3 Å². The van der Waals surface area contributed by atoms with Crippen molar-refractivity contribution in [3.8, 4) is 17.2 Å². The standard InChI is InChI=1S/C40H40N2O8/c1-3-18-48-31-15-11-27(12-16-31)35(43)17-10-26-8-13-30(14-9-26)49-19-5-20-50-32-7-4-6-29(23-32)42-39(46)34-22-28(21-25(2)37(34)40(42)47)33-24-36(44)41-38(33)45/h4,6-17,21,23,28,33-34,37H,3,5,18-20,22,24H2,1-2H3,(H,41,44,45)/b17-10+. The van der Waals surface area contributed by atoms with Gasteiger partial charge >= 0.3 is 0 Å². The number of benzene rings is 3. The van der Waals surface area contributed by atoms with Crippen molar-refractivity contribution in [1.29, 1.82) is 0 Å². The number of anilines is 1. The molecule has 50 heavy (non-hydrogen) atoms. The van der Waals surface area contributed by atoms with E-state index in [1.165, 1.54) is 4.90 Å². The van der Waals surface area contributed by atoms with Gasteiger partial charge in [-0.3, -0.25) is 29.3 Å². The molecule has 3 aliphatic rings. The van der Waals surface area contributed by atoms with Crippen LogP contribution in [-0.2, 0) is 19.2 Å². The first-order valence-electron chi connectivity index (χ1n) is 17.0. The fourth-order valence-corrected chi connectivity index (χ4v) is 6.76. The minimum absolute atomic E-state index is 0.0918. The van der Waals surface area contributed by atoms with Crippen molar-refractivity contribution in [2.24, 2.45) is 23.7 Å². The highest BCUT2D eigenvalue weighted by Crippen LogP contribution is 2.45. The number of ether oxygens (including phenoxy) is 3. The average Bonchev–Trinajstić information content (AvgIpc) is 3.60. The minimum atomic E-state index is -0.581. The molecule has 2 fully saturated rings. The van der Waals surface area contributed by atoms with E-state index >= 15 is 0 Å². The smallest absolute Gasteiger partial charge is 0.241 e. The molecule has 3 aromatic rings. The monoisotopic (exact) mass is 676 g/mol. The molecule has 4 atom stereocenters. The number of nitrogens with zero attached hydrogens (tertiary/aromatic N) is 1. The Kier molecular flexibility index (Phi) is 10.6. The average molecular weight is 677 g/mol. The maximum Gasteiger partial charge on any atom is 0.241 e. The van der Waals surface area contributed by atoms with Crippen LogP contribution in [0.25, 0.3) is 6.08 Å². The van der Waals surface area contributed by atoms with Gasteiger partial charge in [-0.2, -0.15) is 0 Å². The Balaban J connectivity index is 0.962. The van der Waals surface area contributed by atoms with Gasteiger partial charge in [0.2, 0.25) is 23.6 Å². The number of hydrogen-bond donors (Lipinski definition) is 1. The number of nitrogens with one attached hydrogen (secondary N) is 1. The Bertz CT molecular complexity index is 1830. The van der Waals surface area contributed by atoms with Crippen LogP contribution in [0.3, 0.4) is 0 Å².